The summed E-state index contributed by atoms with van der Waals surface area (Å²) in [7, 11) is 0. The van der Waals surface area contributed by atoms with Crippen LogP contribution in [0.3, 0.4) is 0 Å². The van der Waals surface area contributed by atoms with Crippen LogP contribution in [0, 0.1) is 0 Å². The quantitative estimate of drug-likeness (QED) is 0.838. The fraction of sp³-hybridized carbons (Fsp3) is 0.143. The van der Waals surface area contributed by atoms with E-state index >= 15 is 0 Å². The van der Waals surface area contributed by atoms with Crippen LogP contribution in [0.2, 0.25) is 5.02 Å². The average molecular weight is 300 g/mol. The van der Waals surface area contributed by atoms with Gasteiger partial charge in [0.05, 0.1) is 0 Å². The molecule has 0 heterocycles. The van der Waals surface area contributed by atoms with E-state index in [4.69, 9.17) is 17.3 Å². The monoisotopic (exact) mass is 299 g/mol. The summed E-state index contributed by atoms with van der Waals surface area (Å²) >= 11 is 7.58. The number of rotatable bonds is 4. The fourth-order valence-corrected chi connectivity index (χ4v) is 2.53. The van der Waals surface area contributed by atoms with Gasteiger partial charge >= 0.3 is 0 Å². The van der Waals surface area contributed by atoms with Crippen molar-refractivity contribution in [1.82, 2.24) is 0 Å². The van der Waals surface area contributed by atoms with E-state index in [-0.39, 0.29) is 18.4 Å². The Kier molecular flexibility index (Phi) is 6.58. The van der Waals surface area contributed by atoms with E-state index in [1.807, 2.05) is 42.5 Å². The minimum absolute atomic E-state index is 0. The highest BCUT2D eigenvalue weighted by Gasteiger charge is 2.05. The Balaban J connectivity index is 0.00000162. The molecule has 96 valence electrons. The van der Waals surface area contributed by atoms with Gasteiger partial charge < -0.3 is 5.73 Å². The Hall–Kier alpha value is -0.670. The van der Waals surface area contributed by atoms with Crippen molar-refractivity contribution in [2.24, 2.45) is 5.73 Å². The van der Waals surface area contributed by atoms with Crippen LogP contribution in [-0.2, 0) is 0 Å². The molecule has 2 aromatic rings. The first-order chi connectivity index (χ1) is 8.25. The first-order valence-electron chi connectivity index (χ1n) is 5.44. The predicted octanol–water partition coefficient (Wildman–Crippen LogP) is 4.55. The van der Waals surface area contributed by atoms with E-state index in [0.29, 0.717) is 0 Å². The van der Waals surface area contributed by atoms with E-state index in [1.165, 1.54) is 10.5 Å². The van der Waals surface area contributed by atoms with Crippen molar-refractivity contribution in [3.8, 4) is 0 Å². The molecule has 1 nitrogen and oxygen atoms in total. The molecule has 0 amide bonds. The Morgan fingerprint density at radius 2 is 1.61 bits per heavy atom. The molecule has 0 radical (unpaired) electrons. The van der Waals surface area contributed by atoms with Crippen LogP contribution in [0.1, 0.15) is 11.6 Å². The van der Waals surface area contributed by atoms with Crippen LogP contribution in [0.4, 0.5) is 0 Å². The highest BCUT2D eigenvalue weighted by atomic mass is 35.5. The second-order valence-electron chi connectivity index (χ2n) is 3.78. The minimum atomic E-state index is 0. The number of benzene rings is 2. The molecule has 0 saturated heterocycles. The van der Waals surface area contributed by atoms with Crippen LogP contribution in [-0.4, -0.2) is 5.75 Å². The largest absolute Gasteiger partial charge is 0.323 e. The van der Waals surface area contributed by atoms with Crippen LogP contribution in [0.15, 0.2) is 59.5 Å². The normalized spacial score (nSPS) is 11.7. The van der Waals surface area contributed by atoms with Crippen molar-refractivity contribution >= 4 is 35.8 Å². The first-order valence-corrected chi connectivity index (χ1v) is 6.81. The highest BCUT2D eigenvalue weighted by molar-refractivity contribution is 7.99. The molecule has 0 aliphatic rings. The van der Waals surface area contributed by atoms with Gasteiger partial charge in [-0.1, -0.05) is 41.9 Å². The number of halogens is 2. The van der Waals surface area contributed by atoms with Gasteiger partial charge in [-0.3, -0.25) is 0 Å². The second-order valence-corrected chi connectivity index (χ2v) is 5.31. The third-order valence-corrected chi connectivity index (χ3v) is 3.85. The Bertz CT molecular complexity index is 459. The molecule has 18 heavy (non-hydrogen) atoms. The SMILES string of the molecule is Cl.NC(CSc1ccc(Cl)cc1)c1ccccc1. The summed E-state index contributed by atoms with van der Waals surface area (Å²) in [6, 6.07) is 18.1. The van der Waals surface area contributed by atoms with Crippen molar-refractivity contribution in [1.29, 1.82) is 0 Å². The fourth-order valence-electron chi connectivity index (χ4n) is 1.51. The number of thioether (sulfide) groups is 1. The number of hydrogen-bond acceptors (Lipinski definition) is 2. The summed E-state index contributed by atoms with van der Waals surface area (Å²) in [4.78, 5) is 1.20. The van der Waals surface area contributed by atoms with Gasteiger partial charge in [0.15, 0.2) is 0 Å². The Morgan fingerprint density at radius 3 is 2.22 bits per heavy atom. The Labute approximate surface area is 123 Å². The van der Waals surface area contributed by atoms with Gasteiger partial charge in [-0.2, -0.15) is 0 Å². The van der Waals surface area contributed by atoms with Gasteiger partial charge in [0.2, 0.25) is 0 Å². The zero-order valence-electron chi connectivity index (χ0n) is 9.75. The maximum atomic E-state index is 6.13. The lowest BCUT2D eigenvalue weighted by Crippen LogP contribution is -2.12. The molecule has 0 bridgehead atoms. The van der Waals surface area contributed by atoms with Gasteiger partial charge in [-0.15, -0.1) is 24.2 Å². The van der Waals surface area contributed by atoms with Crippen molar-refractivity contribution < 1.29 is 0 Å². The van der Waals surface area contributed by atoms with Crippen molar-refractivity contribution in [3.05, 3.63) is 65.2 Å². The maximum absolute atomic E-state index is 6.13. The first kappa shape index (κ1) is 15.4. The van der Waals surface area contributed by atoms with Gasteiger partial charge in [-0.25, -0.2) is 0 Å². The molecule has 2 rings (SSSR count). The molecule has 0 fully saturated rings. The smallest absolute Gasteiger partial charge is 0.0406 e. The van der Waals surface area contributed by atoms with Gasteiger partial charge in [-0.05, 0) is 29.8 Å². The van der Waals surface area contributed by atoms with Crippen molar-refractivity contribution in [3.63, 3.8) is 0 Å². The van der Waals surface area contributed by atoms with Gasteiger partial charge in [0, 0.05) is 21.7 Å². The van der Waals surface area contributed by atoms with Crippen LogP contribution in [0.5, 0.6) is 0 Å². The van der Waals surface area contributed by atoms with Crippen molar-refractivity contribution in [2.45, 2.75) is 10.9 Å². The van der Waals surface area contributed by atoms with Gasteiger partial charge in [0.1, 0.15) is 0 Å². The lowest BCUT2D eigenvalue weighted by molar-refractivity contribution is 0.831. The predicted molar refractivity (Wildman–Crippen MR) is 82.8 cm³/mol. The van der Waals surface area contributed by atoms with Crippen LogP contribution >= 0.6 is 35.8 Å². The zero-order chi connectivity index (χ0) is 12.1. The lowest BCUT2D eigenvalue weighted by atomic mass is 10.1. The third-order valence-electron chi connectivity index (χ3n) is 2.47. The molecule has 1 unspecified atom stereocenters. The highest BCUT2D eigenvalue weighted by Crippen LogP contribution is 2.24. The summed E-state index contributed by atoms with van der Waals surface area (Å²) in [6.07, 6.45) is 0. The molecule has 0 aliphatic carbocycles. The molecular formula is C14H15Cl2NS. The van der Waals surface area contributed by atoms with E-state index in [0.717, 1.165) is 10.8 Å². The second kappa shape index (κ2) is 7.70. The number of hydrogen-bond donors (Lipinski definition) is 1. The molecule has 4 heteroatoms. The zero-order valence-corrected chi connectivity index (χ0v) is 12.1. The standard InChI is InChI=1S/C14H14ClNS.ClH/c15-12-6-8-13(9-7-12)17-10-14(16)11-4-2-1-3-5-11;/h1-9,14H,10,16H2;1H. The van der Waals surface area contributed by atoms with Crippen molar-refractivity contribution in [2.75, 3.05) is 5.75 Å². The molecule has 0 aromatic heterocycles. The van der Waals surface area contributed by atoms with E-state index < -0.39 is 0 Å². The topological polar surface area (TPSA) is 26.0 Å². The van der Waals surface area contributed by atoms with E-state index in [9.17, 15) is 0 Å². The summed E-state index contributed by atoms with van der Waals surface area (Å²) in [6.45, 7) is 0. The summed E-state index contributed by atoms with van der Waals surface area (Å²) < 4.78 is 0. The number of nitrogens with two attached hydrogens (primary N) is 1. The average Bonchev–Trinajstić information content (AvgIpc) is 2.39. The molecule has 0 saturated carbocycles. The molecule has 2 aromatic carbocycles. The summed E-state index contributed by atoms with van der Waals surface area (Å²) in [5, 5.41) is 0.765. The van der Waals surface area contributed by atoms with E-state index in [1.54, 1.807) is 11.8 Å². The van der Waals surface area contributed by atoms with Crippen LogP contribution in [0.25, 0.3) is 0 Å². The molecule has 1 atom stereocenters. The molecular weight excluding hydrogens is 285 g/mol. The summed E-state index contributed by atoms with van der Waals surface area (Å²) in [5.74, 6) is 0.867. The Morgan fingerprint density at radius 1 is 1.00 bits per heavy atom. The minimum Gasteiger partial charge on any atom is -0.323 e. The summed E-state index contributed by atoms with van der Waals surface area (Å²) in [5.41, 5.74) is 7.30. The maximum Gasteiger partial charge on any atom is 0.0406 e. The molecule has 0 spiro atoms. The third kappa shape index (κ3) is 4.54. The van der Waals surface area contributed by atoms with E-state index in [2.05, 4.69) is 12.1 Å². The molecule has 2 N–H and O–H groups in total. The molecule has 0 aliphatic heterocycles. The van der Waals surface area contributed by atoms with Crippen LogP contribution < -0.4 is 5.73 Å². The van der Waals surface area contributed by atoms with Gasteiger partial charge in [0.25, 0.3) is 0 Å². The lowest BCUT2D eigenvalue weighted by Gasteiger charge is -2.11.